The second-order valence-electron chi connectivity index (χ2n) is 10.5. The van der Waals surface area contributed by atoms with Crippen molar-refractivity contribution in [2.45, 2.75) is 64.3 Å². The van der Waals surface area contributed by atoms with Gasteiger partial charge in [0.25, 0.3) is 0 Å². The number of nitrogens with two attached hydrogens (primary N) is 1. The Kier molecular flexibility index (Phi) is 8.14. The summed E-state index contributed by atoms with van der Waals surface area (Å²) in [4.78, 5) is 45.2. The van der Waals surface area contributed by atoms with Gasteiger partial charge in [0.2, 0.25) is 11.8 Å². The highest BCUT2D eigenvalue weighted by Gasteiger charge is 2.38. The van der Waals surface area contributed by atoms with Crippen molar-refractivity contribution in [1.29, 1.82) is 0 Å². The number of fused-ring (bicyclic) bond motifs is 1. The number of amides is 3. The highest BCUT2D eigenvalue weighted by molar-refractivity contribution is 5.93. The zero-order valence-corrected chi connectivity index (χ0v) is 22.1. The SMILES string of the molecule is CC(C)(C)OC(=O)N[C@H](Cc1ccccc1)C(=O)N1CCC[C@H]1C(=O)NCc1ccc2ccnc(N)c2c1. The number of hydrogen-bond donors (Lipinski definition) is 3. The van der Waals surface area contributed by atoms with Gasteiger partial charge in [0, 0.05) is 31.1 Å². The Morgan fingerprint density at radius 2 is 1.87 bits per heavy atom. The number of pyridine rings is 1. The van der Waals surface area contributed by atoms with E-state index < -0.39 is 23.8 Å². The van der Waals surface area contributed by atoms with Crippen LogP contribution >= 0.6 is 0 Å². The molecule has 9 nitrogen and oxygen atoms in total. The number of benzene rings is 2. The van der Waals surface area contributed by atoms with E-state index in [1.165, 1.54) is 0 Å². The van der Waals surface area contributed by atoms with Gasteiger partial charge in [-0.3, -0.25) is 9.59 Å². The molecule has 2 atom stereocenters. The molecule has 0 unspecified atom stereocenters. The molecule has 0 radical (unpaired) electrons. The normalized spacial score (nSPS) is 16.2. The monoisotopic (exact) mass is 517 g/mol. The third-order valence-corrected chi connectivity index (χ3v) is 6.44. The Morgan fingerprint density at radius 3 is 2.61 bits per heavy atom. The van der Waals surface area contributed by atoms with Crippen LogP contribution in [0.3, 0.4) is 0 Å². The van der Waals surface area contributed by atoms with E-state index in [1.807, 2.05) is 54.6 Å². The molecule has 2 heterocycles. The second kappa shape index (κ2) is 11.5. The van der Waals surface area contributed by atoms with Gasteiger partial charge in [-0.05, 0) is 62.3 Å². The third kappa shape index (κ3) is 6.79. The Labute approximate surface area is 222 Å². The van der Waals surface area contributed by atoms with E-state index in [0.29, 0.717) is 31.7 Å². The van der Waals surface area contributed by atoms with E-state index in [4.69, 9.17) is 10.5 Å². The zero-order chi connectivity index (χ0) is 27.3. The van der Waals surface area contributed by atoms with Crippen molar-refractivity contribution in [3.05, 3.63) is 71.9 Å². The molecule has 4 rings (SSSR count). The molecule has 9 heteroatoms. The number of likely N-dealkylation sites (tertiary alicyclic amines) is 1. The summed E-state index contributed by atoms with van der Waals surface area (Å²) in [6.45, 7) is 6.03. The molecule has 3 amide bonds. The number of alkyl carbamates (subject to hydrolysis) is 1. The predicted molar refractivity (Wildman–Crippen MR) is 146 cm³/mol. The molecule has 1 aliphatic rings. The van der Waals surface area contributed by atoms with Crippen molar-refractivity contribution in [3.8, 4) is 0 Å². The van der Waals surface area contributed by atoms with E-state index in [2.05, 4.69) is 15.6 Å². The van der Waals surface area contributed by atoms with Gasteiger partial charge >= 0.3 is 6.09 Å². The quantitative estimate of drug-likeness (QED) is 0.440. The van der Waals surface area contributed by atoms with Crippen LogP contribution in [0.25, 0.3) is 10.8 Å². The summed E-state index contributed by atoms with van der Waals surface area (Å²) in [5, 5.41) is 7.50. The molecule has 1 fully saturated rings. The minimum absolute atomic E-state index is 0.231. The van der Waals surface area contributed by atoms with Crippen molar-refractivity contribution >= 4 is 34.5 Å². The Balaban J connectivity index is 1.45. The lowest BCUT2D eigenvalue weighted by molar-refractivity contribution is -0.140. The lowest BCUT2D eigenvalue weighted by atomic mass is 10.0. The van der Waals surface area contributed by atoms with Crippen molar-refractivity contribution in [3.63, 3.8) is 0 Å². The molecule has 0 aliphatic carbocycles. The number of anilines is 1. The summed E-state index contributed by atoms with van der Waals surface area (Å²) < 4.78 is 5.41. The van der Waals surface area contributed by atoms with Crippen LogP contribution in [0.1, 0.15) is 44.7 Å². The average Bonchev–Trinajstić information content (AvgIpc) is 3.36. The van der Waals surface area contributed by atoms with E-state index in [1.54, 1.807) is 31.9 Å². The molecule has 0 bridgehead atoms. The third-order valence-electron chi connectivity index (χ3n) is 6.44. The first-order chi connectivity index (χ1) is 18.1. The predicted octanol–water partition coefficient (Wildman–Crippen LogP) is 3.56. The number of nitrogens with zero attached hydrogens (tertiary/aromatic N) is 2. The summed E-state index contributed by atoms with van der Waals surface area (Å²) in [5.74, 6) is -0.0991. The van der Waals surface area contributed by atoms with Crippen LogP contribution in [0.15, 0.2) is 60.8 Å². The van der Waals surface area contributed by atoms with E-state index in [0.717, 1.165) is 21.9 Å². The van der Waals surface area contributed by atoms with Gasteiger partial charge in [0.15, 0.2) is 0 Å². The molecular weight excluding hydrogens is 482 g/mol. The van der Waals surface area contributed by atoms with Crippen molar-refractivity contribution < 1.29 is 19.1 Å². The van der Waals surface area contributed by atoms with Crippen molar-refractivity contribution in [1.82, 2.24) is 20.5 Å². The van der Waals surface area contributed by atoms with Gasteiger partial charge in [-0.15, -0.1) is 0 Å². The Hall–Kier alpha value is -4.14. The van der Waals surface area contributed by atoms with Gasteiger partial charge in [0.05, 0.1) is 0 Å². The molecule has 0 saturated carbocycles. The summed E-state index contributed by atoms with van der Waals surface area (Å²) >= 11 is 0. The Bertz CT molecular complexity index is 1310. The van der Waals surface area contributed by atoms with E-state index >= 15 is 0 Å². The fourth-order valence-electron chi connectivity index (χ4n) is 4.66. The number of nitrogen functional groups attached to an aromatic ring is 1. The summed E-state index contributed by atoms with van der Waals surface area (Å²) in [6, 6.07) is 15.6. The highest BCUT2D eigenvalue weighted by Crippen LogP contribution is 2.22. The number of hydrogen-bond acceptors (Lipinski definition) is 6. The smallest absolute Gasteiger partial charge is 0.408 e. The Morgan fingerprint density at radius 1 is 1.11 bits per heavy atom. The van der Waals surface area contributed by atoms with Crippen LogP contribution in [-0.4, -0.2) is 52.0 Å². The number of nitrogens with one attached hydrogen (secondary N) is 2. The lowest BCUT2D eigenvalue weighted by Gasteiger charge is -2.29. The maximum atomic E-state index is 13.7. The van der Waals surface area contributed by atoms with Crippen LogP contribution in [0, 0.1) is 0 Å². The van der Waals surface area contributed by atoms with E-state index in [9.17, 15) is 14.4 Å². The molecule has 38 heavy (non-hydrogen) atoms. The topological polar surface area (TPSA) is 127 Å². The van der Waals surface area contributed by atoms with Crippen LogP contribution < -0.4 is 16.4 Å². The number of carbonyl (C=O) groups excluding carboxylic acids is 3. The summed E-state index contributed by atoms with van der Waals surface area (Å²) in [6.07, 6.45) is 2.53. The van der Waals surface area contributed by atoms with Crippen LogP contribution in [0.4, 0.5) is 10.6 Å². The van der Waals surface area contributed by atoms with Gasteiger partial charge in [-0.25, -0.2) is 9.78 Å². The molecule has 1 aliphatic heterocycles. The van der Waals surface area contributed by atoms with E-state index in [-0.39, 0.29) is 18.2 Å². The molecule has 3 aromatic rings. The van der Waals surface area contributed by atoms with Gasteiger partial charge in [-0.2, -0.15) is 0 Å². The average molecular weight is 518 g/mol. The minimum Gasteiger partial charge on any atom is -0.444 e. The molecule has 2 aromatic carbocycles. The largest absolute Gasteiger partial charge is 0.444 e. The molecule has 1 saturated heterocycles. The fourth-order valence-corrected chi connectivity index (χ4v) is 4.66. The first-order valence-corrected chi connectivity index (χ1v) is 12.9. The van der Waals surface area contributed by atoms with Gasteiger partial charge < -0.3 is 26.0 Å². The first-order valence-electron chi connectivity index (χ1n) is 12.9. The highest BCUT2D eigenvalue weighted by atomic mass is 16.6. The number of aromatic nitrogens is 1. The van der Waals surface area contributed by atoms with Gasteiger partial charge in [0.1, 0.15) is 23.5 Å². The summed E-state index contributed by atoms with van der Waals surface area (Å²) in [7, 11) is 0. The minimum atomic E-state index is -0.864. The fraction of sp³-hybridized carbons (Fsp3) is 0.379. The molecule has 1 aromatic heterocycles. The molecular formula is C29H35N5O4. The maximum absolute atomic E-state index is 13.7. The van der Waals surface area contributed by atoms with Crippen LogP contribution in [-0.2, 0) is 27.3 Å². The molecule has 200 valence electrons. The maximum Gasteiger partial charge on any atom is 0.408 e. The molecule has 0 spiro atoms. The lowest BCUT2D eigenvalue weighted by Crippen LogP contribution is -2.54. The first kappa shape index (κ1) is 26.9. The second-order valence-corrected chi connectivity index (χ2v) is 10.5. The molecule has 4 N–H and O–H groups in total. The number of rotatable bonds is 7. The van der Waals surface area contributed by atoms with Crippen molar-refractivity contribution in [2.24, 2.45) is 0 Å². The number of carbonyl (C=O) groups is 3. The number of ether oxygens (including phenoxy) is 1. The zero-order valence-electron chi connectivity index (χ0n) is 22.1. The van der Waals surface area contributed by atoms with Gasteiger partial charge in [-0.1, -0.05) is 42.5 Å². The van der Waals surface area contributed by atoms with Crippen LogP contribution in [0.2, 0.25) is 0 Å². The van der Waals surface area contributed by atoms with Crippen molar-refractivity contribution in [2.75, 3.05) is 12.3 Å². The summed E-state index contributed by atoms with van der Waals surface area (Å²) in [5.41, 5.74) is 7.08. The standard InChI is InChI=1S/C29H35N5O4/c1-29(2,3)38-28(37)33-23(17-19-8-5-4-6-9-19)27(36)34-15-7-10-24(34)26(35)32-18-20-11-12-21-13-14-31-25(30)22(21)16-20/h4-6,8-9,11-14,16,23-24H,7,10,15,17-18H2,1-3H3,(H2,30,31)(H,32,35)(H,33,37)/t23-,24+/m1/s1. The van der Waals surface area contributed by atoms with Crippen LogP contribution in [0.5, 0.6) is 0 Å².